The molecule has 0 aromatic heterocycles. The summed E-state index contributed by atoms with van der Waals surface area (Å²) in [5, 5.41) is 31.7. The molecule has 12 heteroatoms. The molecule has 0 amide bonds. The van der Waals surface area contributed by atoms with Crippen LogP contribution in [0, 0.1) is 20.2 Å². The molecule has 0 spiro atoms. The molecule has 6 aromatic rings. The van der Waals surface area contributed by atoms with E-state index < -0.39 is 24.2 Å². The van der Waals surface area contributed by atoms with Crippen LogP contribution < -0.4 is 20.1 Å². The molecule has 0 fully saturated rings. The molecule has 0 saturated carbocycles. The van der Waals surface area contributed by atoms with E-state index in [0.717, 1.165) is 54.1 Å². The van der Waals surface area contributed by atoms with E-state index in [1.807, 2.05) is 172 Å². The van der Waals surface area contributed by atoms with Crippen LogP contribution >= 0.6 is 31.9 Å². The highest BCUT2D eigenvalue weighted by Crippen LogP contribution is 2.40. The van der Waals surface area contributed by atoms with Gasteiger partial charge >= 0.3 is 0 Å². The van der Waals surface area contributed by atoms with Gasteiger partial charge in [0, 0.05) is 30.2 Å². The second kappa shape index (κ2) is 22.6. The number of ether oxygens (including phenoxy) is 2. The second-order valence-corrected chi connectivity index (χ2v) is 15.9. The van der Waals surface area contributed by atoms with Gasteiger partial charge in [-0.15, -0.1) is 0 Å². The highest BCUT2D eigenvalue weighted by Gasteiger charge is 2.42. The van der Waals surface area contributed by atoms with Crippen LogP contribution in [0.25, 0.3) is 0 Å². The second-order valence-electron chi connectivity index (χ2n) is 14.1. The zero-order valence-electron chi connectivity index (χ0n) is 34.0. The summed E-state index contributed by atoms with van der Waals surface area (Å²) < 4.78 is 12.1. The molecule has 0 heterocycles. The minimum absolute atomic E-state index is 0.151. The lowest BCUT2D eigenvalue weighted by atomic mass is 9.83. The van der Waals surface area contributed by atoms with Gasteiger partial charge < -0.3 is 20.1 Å². The van der Waals surface area contributed by atoms with Gasteiger partial charge in [-0.25, -0.2) is 0 Å². The van der Waals surface area contributed by atoms with Gasteiger partial charge in [0.2, 0.25) is 12.1 Å². The molecule has 312 valence electrons. The fraction of sp³-hybridized carbons (Fsp3) is 0.250. The predicted octanol–water partition coefficient (Wildman–Crippen LogP) is 12.9. The van der Waals surface area contributed by atoms with E-state index in [1.54, 1.807) is 14.2 Å². The molecule has 6 atom stereocenters. The average Bonchev–Trinajstić information content (AvgIpc) is 3.27. The van der Waals surface area contributed by atoms with Gasteiger partial charge in [-0.05, 0) is 95.8 Å². The van der Waals surface area contributed by atoms with Crippen molar-refractivity contribution >= 4 is 43.2 Å². The summed E-state index contributed by atoms with van der Waals surface area (Å²) in [4.78, 5) is 24.5. The van der Waals surface area contributed by atoms with E-state index in [-0.39, 0.29) is 21.7 Å². The Labute approximate surface area is 368 Å². The Morgan fingerprint density at radius 1 is 0.500 bits per heavy atom. The summed E-state index contributed by atoms with van der Waals surface area (Å²) in [6.45, 7) is 4.00. The van der Waals surface area contributed by atoms with Crippen molar-refractivity contribution in [1.29, 1.82) is 0 Å². The van der Waals surface area contributed by atoms with E-state index >= 15 is 0 Å². The Morgan fingerprint density at radius 3 is 1.10 bits per heavy atom. The highest BCUT2D eigenvalue weighted by atomic mass is 79.9. The lowest BCUT2D eigenvalue weighted by Crippen LogP contribution is -2.38. The Morgan fingerprint density at radius 2 is 0.817 bits per heavy atom. The van der Waals surface area contributed by atoms with Crippen LogP contribution in [0.1, 0.15) is 72.9 Å². The third kappa shape index (κ3) is 11.7. The fourth-order valence-electron chi connectivity index (χ4n) is 7.63. The Bertz CT molecular complexity index is 2090. The van der Waals surface area contributed by atoms with E-state index in [4.69, 9.17) is 9.47 Å². The van der Waals surface area contributed by atoms with Crippen molar-refractivity contribution in [2.24, 2.45) is 0 Å². The van der Waals surface area contributed by atoms with Gasteiger partial charge in [-0.1, -0.05) is 143 Å². The quantitative estimate of drug-likeness (QED) is 0.0644. The molecule has 2 N–H and O–H groups in total. The van der Waals surface area contributed by atoms with Gasteiger partial charge in [0.25, 0.3) is 0 Å². The number of benzene rings is 6. The summed E-state index contributed by atoms with van der Waals surface area (Å²) >= 11 is 7.19. The number of rotatable bonds is 18. The minimum Gasteiger partial charge on any atom is -0.497 e. The van der Waals surface area contributed by atoms with Crippen molar-refractivity contribution in [2.45, 2.75) is 62.7 Å². The lowest BCUT2D eigenvalue weighted by molar-refractivity contribution is -0.530. The van der Waals surface area contributed by atoms with Crippen molar-refractivity contribution in [3.8, 4) is 11.5 Å². The maximum Gasteiger partial charge on any atom is 0.243 e. The van der Waals surface area contributed by atoms with Gasteiger partial charge in [-0.3, -0.25) is 20.2 Å². The number of nitrogens with one attached hydrogen (secondary N) is 2. The number of hydrogen-bond donors (Lipinski definition) is 2. The molecule has 10 nitrogen and oxygen atoms in total. The first kappa shape index (κ1) is 45.4. The van der Waals surface area contributed by atoms with Gasteiger partial charge in [-0.2, -0.15) is 0 Å². The first-order valence-corrected chi connectivity index (χ1v) is 21.4. The van der Waals surface area contributed by atoms with Crippen LogP contribution in [-0.2, 0) is 0 Å². The molecule has 60 heavy (non-hydrogen) atoms. The lowest BCUT2D eigenvalue weighted by Gasteiger charge is -2.29. The van der Waals surface area contributed by atoms with Crippen molar-refractivity contribution in [1.82, 2.24) is 0 Å². The monoisotopic (exact) mass is 936 g/mol. The highest BCUT2D eigenvalue weighted by molar-refractivity contribution is 9.10. The standard InChI is InChI=1S/2C24H25BrN2O3/c2*1-3-20(17-9-5-4-6-10-17)24(27(28)29)23(21-11-7-8-12-22(21)25)26-18-13-15-19(30-2)16-14-18/h2*4-16,20,23-24,26H,3H2,1-2H3/t2*20-,23+,24+/m10/s1. The fourth-order valence-corrected chi connectivity index (χ4v) is 8.70. The van der Waals surface area contributed by atoms with Crippen LogP contribution in [0.4, 0.5) is 11.4 Å². The number of nitrogens with zero attached hydrogens (tertiary/aromatic N) is 2. The molecule has 0 aliphatic carbocycles. The van der Waals surface area contributed by atoms with E-state index in [0.29, 0.717) is 12.8 Å². The Hall–Kier alpha value is -5.72. The van der Waals surface area contributed by atoms with Crippen molar-refractivity contribution in [3.63, 3.8) is 0 Å². The summed E-state index contributed by atoms with van der Waals surface area (Å²) in [7, 11) is 3.22. The minimum atomic E-state index is -0.863. The van der Waals surface area contributed by atoms with Crippen molar-refractivity contribution in [2.75, 3.05) is 24.9 Å². The van der Waals surface area contributed by atoms with Crippen molar-refractivity contribution in [3.05, 3.63) is 209 Å². The van der Waals surface area contributed by atoms with Gasteiger partial charge in [0.1, 0.15) is 23.6 Å². The first-order chi connectivity index (χ1) is 29.1. The number of halogens is 2. The Kier molecular flexibility index (Phi) is 17.1. The van der Waals surface area contributed by atoms with Crippen LogP contribution in [0.15, 0.2) is 167 Å². The summed E-state index contributed by atoms with van der Waals surface area (Å²) in [5.74, 6) is 0.979. The molecule has 6 rings (SSSR count). The first-order valence-electron chi connectivity index (χ1n) is 19.8. The maximum atomic E-state index is 12.4. The molecule has 0 aliphatic heterocycles. The average molecular weight is 939 g/mol. The SMILES string of the molecule is CC[C@@H](c1ccccc1)[C@H]([C@H](Nc1ccc(OC)cc1)c1ccccc1Br)[N+](=O)[O-].CC[C@H](c1ccccc1)[C@@H]([C@@H](Nc1ccc(OC)cc1)c1ccccc1Br)[N+](=O)[O-]. The maximum absolute atomic E-state index is 12.4. The van der Waals surface area contributed by atoms with Crippen molar-refractivity contribution < 1.29 is 19.3 Å². The van der Waals surface area contributed by atoms with Gasteiger partial charge in [0.15, 0.2) is 0 Å². The zero-order chi connectivity index (χ0) is 43.0. The number of nitro groups is 2. The molecule has 0 aliphatic rings. The third-order valence-electron chi connectivity index (χ3n) is 10.6. The normalized spacial score (nSPS) is 13.8. The molecular weight excluding hydrogens is 888 g/mol. The van der Waals surface area contributed by atoms with Crippen LogP contribution in [0.5, 0.6) is 11.5 Å². The predicted molar refractivity (Wildman–Crippen MR) is 248 cm³/mol. The summed E-state index contributed by atoms with van der Waals surface area (Å²) in [6.07, 6.45) is 1.31. The van der Waals surface area contributed by atoms with E-state index in [2.05, 4.69) is 42.5 Å². The topological polar surface area (TPSA) is 129 Å². The molecular formula is C48H50Br2N4O6. The molecule has 0 unspecified atom stereocenters. The smallest absolute Gasteiger partial charge is 0.243 e. The molecule has 0 radical (unpaired) electrons. The van der Waals surface area contributed by atoms with E-state index in [9.17, 15) is 20.2 Å². The van der Waals surface area contributed by atoms with Crippen LogP contribution in [0.3, 0.4) is 0 Å². The molecule has 0 bridgehead atoms. The summed E-state index contributed by atoms with van der Waals surface area (Å²) in [5.41, 5.74) is 5.23. The molecule has 0 saturated heterocycles. The Balaban J connectivity index is 0.000000228. The van der Waals surface area contributed by atoms with Crippen LogP contribution in [-0.4, -0.2) is 36.1 Å². The number of hydrogen-bond acceptors (Lipinski definition) is 8. The molecule has 6 aromatic carbocycles. The third-order valence-corrected chi connectivity index (χ3v) is 12.1. The largest absolute Gasteiger partial charge is 0.497 e. The number of anilines is 2. The van der Waals surface area contributed by atoms with E-state index in [1.165, 1.54) is 0 Å². The number of methoxy groups -OCH3 is 2. The summed E-state index contributed by atoms with van der Waals surface area (Å²) in [6, 6.07) is 46.9. The van der Waals surface area contributed by atoms with Gasteiger partial charge in [0.05, 0.1) is 26.1 Å². The zero-order valence-corrected chi connectivity index (χ0v) is 37.2. The van der Waals surface area contributed by atoms with Crippen LogP contribution in [0.2, 0.25) is 0 Å².